The SMILES string of the molecule is [2H]C(C(=O)c1ccccc1)C(=O)C(C)(C)C. The van der Waals surface area contributed by atoms with Gasteiger partial charge in [0.15, 0.2) is 5.78 Å². The molecule has 0 bridgehead atoms. The van der Waals surface area contributed by atoms with Crippen molar-refractivity contribution in [2.24, 2.45) is 5.41 Å². The van der Waals surface area contributed by atoms with Crippen LogP contribution in [0.1, 0.15) is 38.9 Å². The summed E-state index contributed by atoms with van der Waals surface area (Å²) in [4.78, 5) is 23.6. The number of carbonyl (C=O) groups is 2. The first kappa shape index (κ1) is 10.1. The van der Waals surface area contributed by atoms with Gasteiger partial charge in [-0.1, -0.05) is 51.1 Å². The quantitative estimate of drug-likeness (QED) is 0.561. The summed E-state index contributed by atoms with van der Waals surface area (Å²) in [5.74, 6) is -0.776. The molecule has 1 aromatic carbocycles. The van der Waals surface area contributed by atoms with Gasteiger partial charge in [0.1, 0.15) is 5.78 Å². The predicted molar refractivity (Wildman–Crippen MR) is 59.9 cm³/mol. The second kappa shape index (κ2) is 4.39. The largest absolute Gasteiger partial charge is 0.299 e. The van der Waals surface area contributed by atoms with Crippen molar-refractivity contribution in [2.45, 2.75) is 27.2 Å². The molecule has 80 valence electrons. The number of rotatable bonds is 3. The van der Waals surface area contributed by atoms with E-state index < -0.39 is 17.6 Å². The Morgan fingerprint density at radius 3 is 2.20 bits per heavy atom. The molecule has 2 nitrogen and oxygen atoms in total. The van der Waals surface area contributed by atoms with Crippen LogP contribution in [0.15, 0.2) is 30.3 Å². The molecule has 1 atom stereocenters. The number of carbonyl (C=O) groups excluding carboxylic acids is 2. The number of ketones is 2. The van der Waals surface area contributed by atoms with Crippen molar-refractivity contribution in [2.75, 3.05) is 0 Å². The number of hydrogen-bond donors (Lipinski definition) is 0. The van der Waals surface area contributed by atoms with E-state index in [0.29, 0.717) is 5.56 Å². The summed E-state index contributed by atoms with van der Waals surface area (Å²) in [7, 11) is 0. The molecule has 0 saturated carbocycles. The Morgan fingerprint density at radius 2 is 1.73 bits per heavy atom. The van der Waals surface area contributed by atoms with Crippen LogP contribution in [0, 0.1) is 5.41 Å². The lowest BCUT2D eigenvalue weighted by Crippen LogP contribution is -2.23. The van der Waals surface area contributed by atoms with Crippen molar-refractivity contribution in [3.63, 3.8) is 0 Å². The topological polar surface area (TPSA) is 34.1 Å². The van der Waals surface area contributed by atoms with Gasteiger partial charge in [0.05, 0.1) is 6.40 Å². The minimum Gasteiger partial charge on any atom is -0.299 e. The van der Waals surface area contributed by atoms with E-state index in [2.05, 4.69) is 0 Å². The molecule has 0 heterocycles. The van der Waals surface area contributed by atoms with Gasteiger partial charge in [-0.2, -0.15) is 0 Å². The molecular weight excluding hydrogens is 188 g/mol. The molecule has 0 aromatic heterocycles. The van der Waals surface area contributed by atoms with E-state index in [1.807, 2.05) is 0 Å². The van der Waals surface area contributed by atoms with Crippen LogP contribution in [-0.2, 0) is 4.79 Å². The first-order valence-corrected chi connectivity index (χ1v) is 4.90. The molecule has 0 spiro atoms. The van der Waals surface area contributed by atoms with E-state index in [4.69, 9.17) is 1.37 Å². The zero-order valence-electron chi connectivity index (χ0n) is 10.3. The third kappa shape index (κ3) is 3.31. The van der Waals surface area contributed by atoms with Gasteiger partial charge in [-0.3, -0.25) is 9.59 Å². The van der Waals surface area contributed by atoms with E-state index in [0.717, 1.165) is 0 Å². The van der Waals surface area contributed by atoms with Gasteiger partial charge >= 0.3 is 0 Å². The Morgan fingerprint density at radius 1 is 1.20 bits per heavy atom. The Balaban J connectivity index is 2.88. The third-order valence-electron chi connectivity index (χ3n) is 2.06. The lowest BCUT2D eigenvalue weighted by molar-refractivity contribution is -0.125. The number of Topliss-reactive ketones (excluding diaryl/α,β-unsaturated/α-hetero) is 2. The zero-order chi connectivity index (χ0) is 12.3. The molecule has 1 rings (SSSR count). The van der Waals surface area contributed by atoms with Gasteiger partial charge < -0.3 is 0 Å². The second-order valence-electron chi connectivity index (χ2n) is 4.49. The van der Waals surface area contributed by atoms with Crippen LogP contribution in [0.3, 0.4) is 0 Å². The normalized spacial score (nSPS) is 14.2. The average Bonchev–Trinajstić information content (AvgIpc) is 2.26. The first-order chi connectivity index (χ1) is 7.34. The molecule has 2 heteroatoms. The molecule has 0 fully saturated rings. The molecule has 0 radical (unpaired) electrons. The van der Waals surface area contributed by atoms with Crippen molar-refractivity contribution in [1.82, 2.24) is 0 Å². The molecule has 0 aliphatic heterocycles. The second-order valence-corrected chi connectivity index (χ2v) is 4.49. The lowest BCUT2D eigenvalue weighted by Gasteiger charge is -2.15. The molecule has 0 saturated heterocycles. The average molecular weight is 205 g/mol. The summed E-state index contributed by atoms with van der Waals surface area (Å²) in [6, 6.07) is 8.49. The summed E-state index contributed by atoms with van der Waals surface area (Å²) in [6.07, 6.45) is -1.32. The van der Waals surface area contributed by atoms with Crippen LogP contribution in [0.5, 0.6) is 0 Å². The summed E-state index contributed by atoms with van der Waals surface area (Å²) in [5.41, 5.74) is -0.239. The molecular formula is C13H16O2. The van der Waals surface area contributed by atoms with Crippen molar-refractivity contribution in [1.29, 1.82) is 0 Å². The number of benzene rings is 1. The van der Waals surface area contributed by atoms with Crippen molar-refractivity contribution >= 4 is 11.6 Å². The summed E-state index contributed by atoms with van der Waals surface area (Å²) >= 11 is 0. The summed E-state index contributed by atoms with van der Waals surface area (Å²) < 4.78 is 7.68. The maximum absolute atomic E-state index is 11.8. The van der Waals surface area contributed by atoms with Gasteiger partial charge in [-0.15, -0.1) is 0 Å². The van der Waals surface area contributed by atoms with Crippen LogP contribution in [-0.4, -0.2) is 11.6 Å². The highest BCUT2D eigenvalue weighted by Crippen LogP contribution is 2.18. The molecule has 1 unspecified atom stereocenters. The number of hydrogen-bond acceptors (Lipinski definition) is 2. The minimum absolute atomic E-state index is 0.346. The van der Waals surface area contributed by atoms with Crippen molar-refractivity contribution in [3.8, 4) is 0 Å². The van der Waals surface area contributed by atoms with Gasteiger partial charge in [0.25, 0.3) is 0 Å². The highest BCUT2D eigenvalue weighted by Gasteiger charge is 2.23. The molecule has 0 aliphatic rings. The fourth-order valence-corrected chi connectivity index (χ4v) is 1.02. The third-order valence-corrected chi connectivity index (χ3v) is 2.06. The molecule has 15 heavy (non-hydrogen) atoms. The van der Waals surface area contributed by atoms with E-state index in [1.165, 1.54) is 0 Å². The van der Waals surface area contributed by atoms with Crippen LogP contribution < -0.4 is 0 Å². The molecule has 0 amide bonds. The molecule has 1 aromatic rings. The predicted octanol–water partition coefficient (Wildman–Crippen LogP) is 2.87. The van der Waals surface area contributed by atoms with E-state index in [1.54, 1.807) is 51.1 Å². The van der Waals surface area contributed by atoms with Crippen LogP contribution in [0.4, 0.5) is 0 Å². The van der Waals surface area contributed by atoms with Gasteiger partial charge in [0.2, 0.25) is 0 Å². The highest BCUT2D eigenvalue weighted by atomic mass is 16.1. The zero-order valence-corrected chi connectivity index (χ0v) is 9.28. The molecule has 0 aliphatic carbocycles. The maximum Gasteiger partial charge on any atom is 0.170 e. The Kier molecular flexibility index (Phi) is 2.95. The van der Waals surface area contributed by atoms with E-state index in [-0.39, 0.29) is 5.78 Å². The van der Waals surface area contributed by atoms with E-state index >= 15 is 0 Å². The first-order valence-electron chi connectivity index (χ1n) is 5.47. The summed E-state index contributed by atoms with van der Waals surface area (Å²) in [6.45, 7) is 5.15. The fraction of sp³-hybridized carbons (Fsp3) is 0.385. The highest BCUT2D eigenvalue weighted by molar-refractivity contribution is 6.09. The smallest absolute Gasteiger partial charge is 0.170 e. The Labute approximate surface area is 91.7 Å². The Bertz CT molecular complexity index is 390. The monoisotopic (exact) mass is 205 g/mol. The van der Waals surface area contributed by atoms with Gasteiger partial charge in [-0.25, -0.2) is 0 Å². The molecule has 0 N–H and O–H groups in total. The Hall–Kier alpha value is -1.44. The summed E-state index contributed by atoms with van der Waals surface area (Å²) in [5, 5.41) is 0. The fourth-order valence-electron chi connectivity index (χ4n) is 1.02. The van der Waals surface area contributed by atoms with Crippen LogP contribution >= 0.6 is 0 Å². The standard InChI is InChI=1S/C13H16O2/c1-13(2,3)12(15)9-11(14)10-7-5-4-6-8-10/h4-8H,9H2,1-3H3/i9D. The minimum atomic E-state index is -1.32. The van der Waals surface area contributed by atoms with Crippen LogP contribution in [0.2, 0.25) is 0 Å². The lowest BCUT2D eigenvalue weighted by atomic mass is 9.87. The van der Waals surface area contributed by atoms with Crippen LogP contribution in [0.25, 0.3) is 0 Å². The van der Waals surface area contributed by atoms with Crippen molar-refractivity contribution in [3.05, 3.63) is 35.9 Å². The van der Waals surface area contributed by atoms with Gasteiger partial charge in [-0.05, 0) is 0 Å². The maximum atomic E-state index is 11.8. The van der Waals surface area contributed by atoms with Crippen molar-refractivity contribution < 1.29 is 11.0 Å². The van der Waals surface area contributed by atoms with Gasteiger partial charge in [0, 0.05) is 12.3 Å². The van der Waals surface area contributed by atoms with E-state index in [9.17, 15) is 9.59 Å².